The second-order valence-corrected chi connectivity index (χ2v) is 8.14. The molecule has 2 amide bonds. The Kier molecular flexibility index (Phi) is 9.16. The summed E-state index contributed by atoms with van der Waals surface area (Å²) in [6, 6.07) is 14.3. The molecule has 0 aliphatic heterocycles. The highest BCUT2D eigenvalue weighted by molar-refractivity contribution is 7.99. The summed E-state index contributed by atoms with van der Waals surface area (Å²) < 4.78 is 0. The maximum absolute atomic E-state index is 12.9. The van der Waals surface area contributed by atoms with Crippen LogP contribution in [0, 0.1) is 0 Å². The van der Waals surface area contributed by atoms with E-state index in [0.29, 0.717) is 28.9 Å². The van der Waals surface area contributed by atoms with Gasteiger partial charge in [0, 0.05) is 28.9 Å². The molecule has 0 saturated heterocycles. The van der Waals surface area contributed by atoms with Crippen molar-refractivity contribution in [1.82, 2.24) is 10.2 Å². The standard InChI is InChI=1S/C21H24Cl2N2O2S/c1-3-24-21(27)15(2)25(12-16-7-6-9-18(22)11-16)20(26)14-28-13-17-8-4-5-10-19(17)23/h4-11,15H,3,12-14H2,1-2H3,(H,24,27). The van der Waals surface area contributed by atoms with Gasteiger partial charge in [0.05, 0.1) is 5.75 Å². The Labute approximate surface area is 180 Å². The van der Waals surface area contributed by atoms with Crippen LogP contribution >= 0.6 is 35.0 Å². The molecule has 0 spiro atoms. The summed E-state index contributed by atoms with van der Waals surface area (Å²) >= 11 is 13.7. The third-order valence-electron chi connectivity index (χ3n) is 4.20. The molecule has 0 aliphatic rings. The van der Waals surface area contributed by atoms with Crippen LogP contribution in [0.4, 0.5) is 0 Å². The fourth-order valence-electron chi connectivity index (χ4n) is 2.68. The first-order valence-electron chi connectivity index (χ1n) is 9.05. The molecule has 0 radical (unpaired) electrons. The van der Waals surface area contributed by atoms with Gasteiger partial charge >= 0.3 is 0 Å². The Bertz CT molecular complexity index is 816. The van der Waals surface area contributed by atoms with Gasteiger partial charge in [0.25, 0.3) is 0 Å². The van der Waals surface area contributed by atoms with E-state index in [1.807, 2.05) is 49.4 Å². The van der Waals surface area contributed by atoms with E-state index in [2.05, 4.69) is 5.32 Å². The highest BCUT2D eigenvalue weighted by Crippen LogP contribution is 2.22. The van der Waals surface area contributed by atoms with Gasteiger partial charge < -0.3 is 10.2 Å². The molecule has 0 bridgehead atoms. The van der Waals surface area contributed by atoms with Crippen molar-refractivity contribution in [3.63, 3.8) is 0 Å². The van der Waals surface area contributed by atoms with Gasteiger partial charge in [-0.1, -0.05) is 53.5 Å². The van der Waals surface area contributed by atoms with Gasteiger partial charge in [-0.3, -0.25) is 9.59 Å². The Balaban J connectivity index is 2.07. The molecule has 2 aromatic carbocycles. The van der Waals surface area contributed by atoms with Crippen molar-refractivity contribution in [2.75, 3.05) is 12.3 Å². The van der Waals surface area contributed by atoms with E-state index >= 15 is 0 Å². The van der Waals surface area contributed by atoms with Crippen LogP contribution in [0.25, 0.3) is 0 Å². The minimum Gasteiger partial charge on any atom is -0.355 e. The number of likely N-dealkylation sites (N-methyl/N-ethyl adjacent to an activating group) is 1. The van der Waals surface area contributed by atoms with Crippen molar-refractivity contribution in [2.45, 2.75) is 32.2 Å². The van der Waals surface area contributed by atoms with E-state index in [-0.39, 0.29) is 17.6 Å². The molecule has 2 aromatic rings. The normalized spacial score (nSPS) is 11.7. The van der Waals surface area contributed by atoms with E-state index in [9.17, 15) is 9.59 Å². The molecule has 0 heterocycles. The van der Waals surface area contributed by atoms with Crippen molar-refractivity contribution in [1.29, 1.82) is 0 Å². The quantitative estimate of drug-likeness (QED) is 0.612. The fourth-order valence-corrected chi connectivity index (χ4v) is 4.09. The molecular formula is C21H24Cl2N2O2S. The summed E-state index contributed by atoms with van der Waals surface area (Å²) in [5.41, 5.74) is 1.87. The molecule has 150 valence electrons. The van der Waals surface area contributed by atoms with Crippen LogP contribution in [0.1, 0.15) is 25.0 Å². The Morgan fingerprint density at radius 3 is 2.57 bits per heavy atom. The van der Waals surface area contributed by atoms with Gasteiger partial charge in [0.15, 0.2) is 0 Å². The van der Waals surface area contributed by atoms with E-state index < -0.39 is 6.04 Å². The number of hydrogen-bond acceptors (Lipinski definition) is 3. The lowest BCUT2D eigenvalue weighted by atomic mass is 10.1. The number of benzene rings is 2. The van der Waals surface area contributed by atoms with E-state index in [1.54, 1.807) is 17.9 Å². The molecule has 28 heavy (non-hydrogen) atoms. The number of thioether (sulfide) groups is 1. The van der Waals surface area contributed by atoms with Gasteiger partial charge in [-0.25, -0.2) is 0 Å². The van der Waals surface area contributed by atoms with Crippen LogP contribution in [0.15, 0.2) is 48.5 Å². The monoisotopic (exact) mass is 438 g/mol. The first kappa shape index (κ1) is 22.6. The first-order chi connectivity index (χ1) is 13.4. The minimum absolute atomic E-state index is 0.101. The maximum Gasteiger partial charge on any atom is 0.242 e. The molecule has 1 unspecified atom stereocenters. The maximum atomic E-state index is 12.9. The molecule has 1 atom stereocenters. The predicted molar refractivity (Wildman–Crippen MR) is 118 cm³/mol. The zero-order valence-corrected chi connectivity index (χ0v) is 18.3. The number of hydrogen-bond donors (Lipinski definition) is 1. The molecule has 7 heteroatoms. The van der Waals surface area contributed by atoms with Crippen molar-refractivity contribution >= 4 is 46.8 Å². The van der Waals surface area contributed by atoms with E-state index in [1.165, 1.54) is 11.8 Å². The largest absolute Gasteiger partial charge is 0.355 e. The average Bonchev–Trinajstić information content (AvgIpc) is 2.67. The Morgan fingerprint density at radius 1 is 1.14 bits per heavy atom. The van der Waals surface area contributed by atoms with Gasteiger partial charge in [-0.05, 0) is 43.2 Å². The predicted octanol–water partition coefficient (Wildman–Crippen LogP) is 4.78. The van der Waals surface area contributed by atoms with Crippen LogP contribution in [0.3, 0.4) is 0 Å². The Hall–Kier alpha value is -1.69. The summed E-state index contributed by atoms with van der Waals surface area (Å²) in [5, 5.41) is 4.07. The SMILES string of the molecule is CCNC(=O)C(C)N(Cc1cccc(Cl)c1)C(=O)CSCc1ccccc1Cl. The number of nitrogens with one attached hydrogen (secondary N) is 1. The molecule has 1 N–H and O–H groups in total. The number of carbonyl (C=O) groups excluding carboxylic acids is 2. The first-order valence-corrected chi connectivity index (χ1v) is 11.0. The Morgan fingerprint density at radius 2 is 1.89 bits per heavy atom. The molecular weight excluding hydrogens is 415 g/mol. The van der Waals surface area contributed by atoms with Gasteiger partial charge in [0.1, 0.15) is 6.04 Å². The van der Waals surface area contributed by atoms with Crippen LogP contribution in [0.2, 0.25) is 10.0 Å². The number of halogens is 2. The van der Waals surface area contributed by atoms with Crippen molar-refractivity contribution in [2.24, 2.45) is 0 Å². The highest BCUT2D eigenvalue weighted by Gasteiger charge is 2.25. The third kappa shape index (κ3) is 6.73. The molecule has 0 aromatic heterocycles. The second kappa shape index (κ2) is 11.3. The topological polar surface area (TPSA) is 49.4 Å². The van der Waals surface area contributed by atoms with Crippen LogP contribution in [-0.4, -0.2) is 35.1 Å². The van der Waals surface area contributed by atoms with E-state index in [4.69, 9.17) is 23.2 Å². The molecule has 2 rings (SSSR count). The summed E-state index contributed by atoms with van der Waals surface area (Å²) in [5.74, 6) is 0.617. The zero-order valence-electron chi connectivity index (χ0n) is 16.0. The third-order valence-corrected chi connectivity index (χ3v) is 5.77. The average molecular weight is 439 g/mol. The fraction of sp³-hybridized carbons (Fsp3) is 0.333. The molecule has 0 fully saturated rings. The van der Waals surface area contributed by atoms with Crippen LogP contribution in [0.5, 0.6) is 0 Å². The van der Waals surface area contributed by atoms with Crippen molar-refractivity contribution in [3.05, 3.63) is 69.7 Å². The molecule has 0 saturated carbocycles. The molecule has 0 aliphatic carbocycles. The molecule has 4 nitrogen and oxygen atoms in total. The van der Waals surface area contributed by atoms with Crippen LogP contribution in [-0.2, 0) is 21.9 Å². The number of amides is 2. The van der Waals surface area contributed by atoms with Crippen molar-refractivity contribution in [3.8, 4) is 0 Å². The lowest BCUT2D eigenvalue weighted by molar-refractivity contribution is -0.138. The summed E-state index contributed by atoms with van der Waals surface area (Å²) in [7, 11) is 0. The van der Waals surface area contributed by atoms with Gasteiger partial charge in [-0.2, -0.15) is 0 Å². The smallest absolute Gasteiger partial charge is 0.242 e. The van der Waals surface area contributed by atoms with Crippen molar-refractivity contribution < 1.29 is 9.59 Å². The van der Waals surface area contributed by atoms with E-state index in [0.717, 1.165) is 11.1 Å². The lowest BCUT2D eigenvalue weighted by Gasteiger charge is -2.28. The minimum atomic E-state index is -0.577. The lowest BCUT2D eigenvalue weighted by Crippen LogP contribution is -2.48. The number of nitrogens with zero attached hydrogens (tertiary/aromatic N) is 1. The van der Waals surface area contributed by atoms with Gasteiger partial charge in [0.2, 0.25) is 11.8 Å². The summed E-state index contributed by atoms with van der Waals surface area (Å²) in [4.78, 5) is 26.8. The summed E-state index contributed by atoms with van der Waals surface area (Å²) in [6.45, 7) is 4.44. The number of rotatable bonds is 9. The van der Waals surface area contributed by atoms with Crippen LogP contribution < -0.4 is 5.32 Å². The zero-order chi connectivity index (χ0) is 20.5. The van der Waals surface area contributed by atoms with Gasteiger partial charge in [-0.15, -0.1) is 11.8 Å². The summed E-state index contributed by atoms with van der Waals surface area (Å²) in [6.07, 6.45) is 0. The highest BCUT2D eigenvalue weighted by atomic mass is 35.5. The second-order valence-electron chi connectivity index (χ2n) is 6.31. The number of carbonyl (C=O) groups is 2.